The summed E-state index contributed by atoms with van der Waals surface area (Å²) >= 11 is 2.12. The van der Waals surface area contributed by atoms with E-state index in [0.717, 1.165) is 19.5 Å². The molecule has 0 spiro atoms. The predicted molar refractivity (Wildman–Crippen MR) is 138 cm³/mol. The average molecular weight is 448 g/mol. The first-order chi connectivity index (χ1) is 15.8. The molecule has 170 valence electrons. The zero-order valence-corrected chi connectivity index (χ0v) is 20.1. The molecule has 0 aliphatic carbocycles. The highest BCUT2D eigenvalue weighted by atomic mass is 32.2. The summed E-state index contributed by atoms with van der Waals surface area (Å²) in [5.41, 5.74) is 3.98. The van der Waals surface area contributed by atoms with E-state index >= 15 is 0 Å². The standard InChI is InChI=1S/C28H37N3S/c1-5-13-24(14-6-1)27-26(23-31-20-11-4-12-21-31)32-28(29-27,25-15-7-2-8-16-25)17-22-30-18-9-3-10-19-30/h1-2,5-8,13-16,26H,3-4,9-12,17-23H2/t26-,28-/m1/s1. The zero-order valence-electron chi connectivity index (χ0n) is 19.3. The Labute approximate surface area is 198 Å². The largest absolute Gasteiger partial charge is 0.303 e. The number of nitrogens with zero attached hydrogens (tertiary/aromatic N) is 3. The van der Waals surface area contributed by atoms with Gasteiger partial charge in [-0.2, -0.15) is 0 Å². The predicted octanol–water partition coefficient (Wildman–Crippen LogP) is 5.81. The van der Waals surface area contributed by atoms with Crippen LogP contribution in [-0.2, 0) is 4.87 Å². The number of rotatable bonds is 7. The normalized spacial score (nSPS) is 27.4. The van der Waals surface area contributed by atoms with Gasteiger partial charge in [-0.25, -0.2) is 0 Å². The molecule has 0 aromatic heterocycles. The summed E-state index contributed by atoms with van der Waals surface area (Å²) in [6.07, 6.45) is 9.25. The van der Waals surface area contributed by atoms with E-state index in [1.54, 1.807) is 0 Å². The second-order valence-electron chi connectivity index (χ2n) is 9.63. The molecule has 4 heteroatoms. The van der Waals surface area contributed by atoms with Gasteiger partial charge in [-0.05, 0) is 69.4 Å². The first-order valence-corrected chi connectivity index (χ1v) is 13.5. The molecule has 3 nitrogen and oxygen atoms in total. The number of piperidine rings is 2. The van der Waals surface area contributed by atoms with Crippen molar-refractivity contribution in [3.63, 3.8) is 0 Å². The van der Waals surface area contributed by atoms with E-state index in [0.29, 0.717) is 5.25 Å². The smallest absolute Gasteiger partial charge is 0.133 e. The summed E-state index contributed by atoms with van der Waals surface area (Å²) in [5.74, 6) is 0. The third-order valence-corrected chi connectivity index (χ3v) is 8.90. The zero-order chi connectivity index (χ0) is 21.6. The van der Waals surface area contributed by atoms with Crippen LogP contribution in [0.4, 0.5) is 0 Å². The van der Waals surface area contributed by atoms with Gasteiger partial charge in [0.05, 0.1) is 11.0 Å². The lowest BCUT2D eigenvalue weighted by atomic mass is 10.0. The lowest BCUT2D eigenvalue weighted by Crippen LogP contribution is -2.38. The first kappa shape index (κ1) is 22.2. The Morgan fingerprint density at radius 1 is 0.750 bits per heavy atom. The fourth-order valence-corrected chi connectivity index (χ4v) is 7.22. The Morgan fingerprint density at radius 2 is 1.34 bits per heavy atom. The van der Waals surface area contributed by atoms with Crippen LogP contribution in [0.25, 0.3) is 0 Å². The molecule has 32 heavy (non-hydrogen) atoms. The summed E-state index contributed by atoms with van der Waals surface area (Å²) in [6.45, 7) is 7.25. The minimum atomic E-state index is -0.176. The lowest BCUT2D eigenvalue weighted by molar-refractivity contribution is 0.218. The molecule has 2 saturated heterocycles. The molecule has 0 radical (unpaired) electrons. The maximum Gasteiger partial charge on any atom is 0.133 e. The van der Waals surface area contributed by atoms with Crippen molar-refractivity contribution in [1.82, 2.24) is 9.80 Å². The summed E-state index contributed by atoms with van der Waals surface area (Å²) in [4.78, 5) is 10.8. The SMILES string of the molecule is c1ccc(C2=N[C@@](CCN3CCCCC3)(c3ccccc3)S[C@@H]2CN2CCCCC2)cc1. The second-order valence-corrected chi connectivity index (χ2v) is 11.1. The molecule has 0 bridgehead atoms. The van der Waals surface area contributed by atoms with Gasteiger partial charge in [-0.3, -0.25) is 4.99 Å². The topological polar surface area (TPSA) is 18.8 Å². The van der Waals surface area contributed by atoms with Crippen LogP contribution in [0.1, 0.15) is 56.1 Å². The molecular weight excluding hydrogens is 410 g/mol. The fourth-order valence-electron chi connectivity index (χ4n) is 5.53. The van der Waals surface area contributed by atoms with Gasteiger partial charge in [0, 0.05) is 13.1 Å². The van der Waals surface area contributed by atoms with E-state index in [1.807, 2.05) is 0 Å². The molecule has 3 aliphatic heterocycles. The van der Waals surface area contributed by atoms with Gasteiger partial charge in [-0.1, -0.05) is 73.5 Å². The summed E-state index contributed by atoms with van der Waals surface area (Å²) in [7, 11) is 0. The highest BCUT2D eigenvalue weighted by Gasteiger charge is 2.44. The van der Waals surface area contributed by atoms with Gasteiger partial charge in [0.25, 0.3) is 0 Å². The number of thioether (sulfide) groups is 1. The van der Waals surface area contributed by atoms with Crippen molar-refractivity contribution >= 4 is 17.5 Å². The third kappa shape index (κ3) is 5.13. The van der Waals surface area contributed by atoms with Gasteiger partial charge in [0.2, 0.25) is 0 Å². The molecule has 2 atom stereocenters. The number of aliphatic imine (C=N–C) groups is 1. The van der Waals surface area contributed by atoms with Crippen LogP contribution < -0.4 is 0 Å². The first-order valence-electron chi connectivity index (χ1n) is 12.7. The van der Waals surface area contributed by atoms with Crippen LogP contribution in [0.3, 0.4) is 0 Å². The Kier molecular flexibility index (Phi) is 7.31. The van der Waals surface area contributed by atoms with Crippen LogP contribution in [-0.4, -0.2) is 60.0 Å². The summed E-state index contributed by atoms with van der Waals surface area (Å²) in [5, 5.41) is 0.428. The van der Waals surface area contributed by atoms with Crippen LogP contribution >= 0.6 is 11.8 Å². The molecule has 0 N–H and O–H groups in total. The van der Waals surface area contributed by atoms with Crippen LogP contribution in [0.2, 0.25) is 0 Å². The molecule has 0 unspecified atom stereocenters. The van der Waals surface area contributed by atoms with E-state index < -0.39 is 0 Å². The van der Waals surface area contributed by atoms with Crippen LogP contribution in [0.5, 0.6) is 0 Å². The van der Waals surface area contributed by atoms with E-state index in [2.05, 4.69) is 82.2 Å². The van der Waals surface area contributed by atoms with Crippen LogP contribution in [0, 0.1) is 0 Å². The van der Waals surface area contributed by atoms with Gasteiger partial charge in [0.15, 0.2) is 0 Å². The average Bonchev–Trinajstić information content (AvgIpc) is 3.25. The number of likely N-dealkylation sites (tertiary alicyclic amines) is 2. The van der Waals surface area contributed by atoms with Crippen molar-refractivity contribution in [2.24, 2.45) is 4.99 Å². The molecule has 3 aliphatic rings. The molecule has 0 saturated carbocycles. The van der Waals surface area contributed by atoms with Gasteiger partial charge in [0.1, 0.15) is 4.87 Å². The van der Waals surface area contributed by atoms with Gasteiger partial charge in [-0.15, -0.1) is 11.8 Å². The second kappa shape index (κ2) is 10.5. The maximum absolute atomic E-state index is 5.62. The Balaban J connectivity index is 1.46. The summed E-state index contributed by atoms with van der Waals surface area (Å²) in [6, 6.07) is 22.1. The molecule has 3 heterocycles. The monoisotopic (exact) mass is 447 g/mol. The maximum atomic E-state index is 5.62. The molecule has 2 fully saturated rings. The van der Waals surface area contributed by atoms with Crippen molar-refractivity contribution in [3.05, 3.63) is 71.8 Å². The number of benzene rings is 2. The fraction of sp³-hybridized carbons (Fsp3) is 0.536. The Morgan fingerprint density at radius 3 is 2.00 bits per heavy atom. The number of hydrogen-bond donors (Lipinski definition) is 0. The summed E-state index contributed by atoms with van der Waals surface area (Å²) < 4.78 is 0. The van der Waals surface area contributed by atoms with E-state index in [9.17, 15) is 0 Å². The third-order valence-electron chi connectivity index (χ3n) is 7.33. The molecule has 2 aromatic rings. The van der Waals surface area contributed by atoms with Gasteiger partial charge < -0.3 is 9.80 Å². The van der Waals surface area contributed by atoms with Crippen molar-refractivity contribution in [3.8, 4) is 0 Å². The highest BCUT2D eigenvalue weighted by molar-refractivity contribution is 8.02. The van der Waals surface area contributed by atoms with Crippen molar-refractivity contribution in [2.45, 2.75) is 55.1 Å². The quantitative estimate of drug-likeness (QED) is 0.534. The number of hydrogen-bond acceptors (Lipinski definition) is 4. The van der Waals surface area contributed by atoms with Crippen molar-refractivity contribution in [2.75, 3.05) is 39.3 Å². The Bertz CT molecular complexity index is 872. The minimum Gasteiger partial charge on any atom is -0.303 e. The Hall–Kier alpha value is -1.62. The molecule has 0 amide bonds. The minimum absolute atomic E-state index is 0.176. The van der Waals surface area contributed by atoms with E-state index in [1.165, 1.54) is 81.5 Å². The molecular formula is C28H37N3S. The molecule has 5 rings (SSSR count). The lowest BCUT2D eigenvalue weighted by Gasteiger charge is -2.33. The highest BCUT2D eigenvalue weighted by Crippen LogP contribution is 2.50. The van der Waals surface area contributed by atoms with Crippen molar-refractivity contribution in [1.29, 1.82) is 0 Å². The van der Waals surface area contributed by atoms with E-state index in [4.69, 9.17) is 4.99 Å². The van der Waals surface area contributed by atoms with Gasteiger partial charge >= 0.3 is 0 Å². The molecule has 2 aromatic carbocycles. The van der Waals surface area contributed by atoms with Crippen LogP contribution in [0.15, 0.2) is 65.7 Å². The van der Waals surface area contributed by atoms with E-state index in [-0.39, 0.29) is 4.87 Å². The van der Waals surface area contributed by atoms with Crippen molar-refractivity contribution < 1.29 is 0 Å².